The van der Waals surface area contributed by atoms with Crippen molar-refractivity contribution in [3.63, 3.8) is 0 Å². The molecule has 0 saturated carbocycles. The van der Waals surface area contributed by atoms with E-state index in [1.807, 2.05) is 6.07 Å². The van der Waals surface area contributed by atoms with Crippen LogP contribution >= 0.6 is 12.6 Å². The van der Waals surface area contributed by atoms with Gasteiger partial charge in [0, 0.05) is 16.7 Å². The fourth-order valence-electron chi connectivity index (χ4n) is 3.18. The Balaban J connectivity index is 2.09. The summed E-state index contributed by atoms with van der Waals surface area (Å²) in [6.07, 6.45) is 0. The van der Waals surface area contributed by atoms with Crippen molar-refractivity contribution in [1.29, 1.82) is 0 Å². The minimum atomic E-state index is -0.507. The minimum absolute atomic E-state index is 0.0583. The van der Waals surface area contributed by atoms with Gasteiger partial charge in [-0.2, -0.15) is 0 Å². The van der Waals surface area contributed by atoms with Crippen molar-refractivity contribution in [2.45, 2.75) is 4.90 Å². The number of benzene rings is 3. The lowest BCUT2D eigenvalue weighted by Gasteiger charge is -2.22. The molecule has 122 valence electrons. The van der Waals surface area contributed by atoms with Gasteiger partial charge in [0.2, 0.25) is 0 Å². The number of ketones is 2. The largest absolute Gasteiger partial charge is 0.506 e. The summed E-state index contributed by atoms with van der Waals surface area (Å²) in [5.74, 6) is -1.75. The molecule has 3 aromatic rings. The second-order valence-corrected chi connectivity index (χ2v) is 6.19. The monoisotopic (exact) mass is 348 g/mol. The van der Waals surface area contributed by atoms with Gasteiger partial charge in [0.15, 0.2) is 11.6 Å². The normalized spacial score (nSPS) is 12.7. The van der Waals surface area contributed by atoms with Crippen molar-refractivity contribution in [2.75, 3.05) is 0 Å². The van der Waals surface area contributed by atoms with Crippen LogP contribution in [0.1, 0.15) is 31.8 Å². The van der Waals surface area contributed by atoms with Gasteiger partial charge in [-0.15, -0.1) is 12.6 Å². The second-order valence-electron chi connectivity index (χ2n) is 5.74. The summed E-state index contributed by atoms with van der Waals surface area (Å²) >= 11 is 4.29. The third-order valence-electron chi connectivity index (χ3n) is 4.35. The Kier molecular flexibility index (Phi) is 3.40. The number of rotatable bonds is 1. The van der Waals surface area contributed by atoms with Crippen molar-refractivity contribution in [3.05, 3.63) is 76.9 Å². The van der Waals surface area contributed by atoms with E-state index in [4.69, 9.17) is 0 Å². The first-order valence-corrected chi connectivity index (χ1v) is 8.01. The molecule has 0 amide bonds. The smallest absolute Gasteiger partial charge is 0.198 e. The maximum atomic E-state index is 12.9. The van der Waals surface area contributed by atoms with Crippen molar-refractivity contribution in [3.8, 4) is 22.6 Å². The third-order valence-corrected chi connectivity index (χ3v) is 4.79. The van der Waals surface area contributed by atoms with E-state index in [-0.39, 0.29) is 38.5 Å². The van der Waals surface area contributed by atoms with Gasteiger partial charge in [-0.1, -0.05) is 54.6 Å². The summed E-state index contributed by atoms with van der Waals surface area (Å²) < 4.78 is 0. The van der Waals surface area contributed by atoms with Gasteiger partial charge in [-0.05, 0) is 5.56 Å². The van der Waals surface area contributed by atoms with E-state index in [0.717, 1.165) is 0 Å². The van der Waals surface area contributed by atoms with Crippen molar-refractivity contribution >= 4 is 24.2 Å². The van der Waals surface area contributed by atoms with Crippen LogP contribution in [0, 0.1) is 0 Å². The quantitative estimate of drug-likeness (QED) is 0.361. The topological polar surface area (TPSA) is 74.6 Å². The molecule has 4 rings (SSSR count). The summed E-state index contributed by atoms with van der Waals surface area (Å²) in [7, 11) is 0. The van der Waals surface area contributed by atoms with Crippen LogP contribution in [0.5, 0.6) is 11.5 Å². The van der Waals surface area contributed by atoms with Crippen LogP contribution < -0.4 is 0 Å². The molecule has 0 fully saturated rings. The van der Waals surface area contributed by atoms with Gasteiger partial charge < -0.3 is 10.2 Å². The van der Waals surface area contributed by atoms with Gasteiger partial charge in [-0.3, -0.25) is 9.59 Å². The van der Waals surface area contributed by atoms with Crippen LogP contribution in [0.25, 0.3) is 11.1 Å². The lowest BCUT2D eigenvalue weighted by atomic mass is 9.81. The molecule has 0 spiro atoms. The molecule has 0 unspecified atom stereocenters. The predicted octanol–water partition coefficient (Wildman–Crippen LogP) is 3.83. The third kappa shape index (κ3) is 2.09. The van der Waals surface area contributed by atoms with Crippen molar-refractivity contribution in [1.82, 2.24) is 0 Å². The molecule has 4 nitrogen and oxygen atoms in total. The lowest BCUT2D eigenvalue weighted by Crippen LogP contribution is -2.21. The summed E-state index contributed by atoms with van der Waals surface area (Å²) in [4.78, 5) is 25.7. The average molecular weight is 348 g/mol. The Morgan fingerprint density at radius 1 is 0.640 bits per heavy atom. The van der Waals surface area contributed by atoms with Crippen molar-refractivity contribution < 1.29 is 19.8 Å². The molecule has 0 aromatic heterocycles. The summed E-state index contributed by atoms with van der Waals surface area (Å²) in [6, 6.07) is 15.1. The number of carbonyl (C=O) groups is 2. The second kappa shape index (κ2) is 5.50. The molecule has 0 atom stereocenters. The Labute approximate surface area is 148 Å². The SMILES string of the molecule is O=C1c2ccccc2C(=O)c2c(O)c(-c3ccccc3)c(S)c(O)c21. The number of fused-ring (bicyclic) bond motifs is 2. The zero-order valence-corrected chi connectivity index (χ0v) is 13.7. The highest BCUT2D eigenvalue weighted by atomic mass is 32.1. The first kappa shape index (κ1) is 15.5. The van der Waals surface area contributed by atoms with E-state index in [1.165, 1.54) is 12.1 Å². The molecule has 0 aliphatic heterocycles. The number of hydrogen-bond donors (Lipinski definition) is 3. The Hall–Kier alpha value is -3.05. The van der Waals surface area contributed by atoms with E-state index in [1.54, 1.807) is 36.4 Å². The van der Waals surface area contributed by atoms with Gasteiger partial charge in [-0.25, -0.2) is 0 Å². The van der Waals surface area contributed by atoms with E-state index in [9.17, 15) is 19.8 Å². The highest BCUT2D eigenvalue weighted by Gasteiger charge is 2.37. The number of thiol groups is 1. The van der Waals surface area contributed by atoms with Gasteiger partial charge in [0.05, 0.1) is 16.0 Å². The predicted molar refractivity (Wildman–Crippen MR) is 95.8 cm³/mol. The zero-order chi connectivity index (χ0) is 17.7. The Morgan fingerprint density at radius 3 is 1.68 bits per heavy atom. The number of carbonyl (C=O) groups excluding carboxylic acids is 2. The van der Waals surface area contributed by atoms with Crippen LogP contribution in [-0.4, -0.2) is 21.8 Å². The van der Waals surface area contributed by atoms with Crippen LogP contribution in [0.4, 0.5) is 0 Å². The molecule has 2 N–H and O–H groups in total. The number of aromatic hydroxyl groups is 2. The molecular formula is C20H12O4S. The Morgan fingerprint density at radius 2 is 1.12 bits per heavy atom. The number of phenolic OH excluding ortho intramolecular Hbond substituents is 2. The first-order valence-electron chi connectivity index (χ1n) is 7.57. The van der Waals surface area contributed by atoms with E-state index in [0.29, 0.717) is 5.56 Å². The van der Waals surface area contributed by atoms with E-state index < -0.39 is 17.3 Å². The average Bonchev–Trinajstić information content (AvgIpc) is 2.64. The van der Waals surface area contributed by atoms with Gasteiger partial charge in [0.1, 0.15) is 11.5 Å². The zero-order valence-electron chi connectivity index (χ0n) is 12.9. The van der Waals surface area contributed by atoms with Gasteiger partial charge >= 0.3 is 0 Å². The number of phenols is 2. The van der Waals surface area contributed by atoms with Crippen LogP contribution in [0.15, 0.2) is 59.5 Å². The van der Waals surface area contributed by atoms with Crippen LogP contribution in [-0.2, 0) is 0 Å². The van der Waals surface area contributed by atoms with Crippen molar-refractivity contribution in [2.24, 2.45) is 0 Å². The van der Waals surface area contributed by atoms with E-state index >= 15 is 0 Å². The maximum absolute atomic E-state index is 12.9. The fourth-order valence-corrected chi connectivity index (χ4v) is 3.53. The van der Waals surface area contributed by atoms with E-state index in [2.05, 4.69) is 12.6 Å². The fraction of sp³-hybridized carbons (Fsp3) is 0. The molecule has 25 heavy (non-hydrogen) atoms. The molecule has 0 radical (unpaired) electrons. The molecular weight excluding hydrogens is 336 g/mol. The summed E-state index contributed by atoms with van der Waals surface area (Å²) in [5.41, 5.74) is 0.835. The first-order chi connectivity index (χ1) is 12.0. The molecule has 3 aromatic carbocycles. The Bertz CT molecular complexity index is 1060. The maximum Gasteiger partial charge on any atom is 0.198 e. The standard InChI is InChI=1S/C20H12O4S/c21-16-11-8-4-5-9-12(11)17(22)15-14(16)18(23)13(20(25)19(15)24)10-6-2-1-3-7-10/h1-9,23-25H. The molecule has 1 aliphatic rings. The highest BCUT2D eigenvalue weighted by Crippen LogP contribution is 2.48. The number of hydrogen-bond acceptors (Lipinski definition) is 5. The molecule has 0 saturated heterocycles. The molecule has 0 bridgehead atoms. The summed E-state index contributed by atoms with van der Waals surface area (Å²) in [5, 5.41) is 21.3. The molecule has 1 aliphatic carbocycles. The summed E-state index contributed by atoms with van der Waals surface area (Å²) in [6.45, 7) is 0. The van der Waals surface area contributed by atoms with Crippen LogP contribution in [0.2, 0.25) is 0 Å². The lowest BCUT2D eigenvalue weighted by molar-refractivity contribution is 0.0974. The van der Waals surface area contributed by atoms with Crippen LogP contribution in [0.3, 0.4) is 0 Å². The molecule has 0 heterocycles. The minimum Gasteiger partial charge on any atom is -0.506 e. The van der Waals surface area contributed by atoms with Gasteiger partial charge in [0.25, 0.3) is 0 Å². The highest BCUT2D eigenvalue weighted by molar-refractivity contribution is 7.80. The molecule has 5 heteroatoms.